The molecule has 1 heterocycles. The van der Waals surface area contributed by atoms with Crippen molar-refractivity contribution in [3.63, 3.8) is 0 Å². The Morgan fingerprint density at radius 2 is 1.96 bits per heavy atom. The molecule has 2 aromatic carbocycles. The third kappa shape index (κ3) is 4.76. The molecule has 1 N–H and O–H groups in total. The normalized spacial score (nSPS) is 11.8. The number of rotatable bonds is 9. The first-order chi connectivity index (χ1) is 13.5. The highest BCUT2D eigenvalue weighted by molar-refractivity contribution is 7.89. The molecule has 7 nitrogen and oxygen atoms in total. The lowest BCUT2D eigenvalue weighted by Gasteiger charge is -2.20. The van der Waals surface area contributed by atoms with Gasteiger partial charge in [-0.3, -0.25) is 4.79 Å². The lowest BCUT2D eigenvalue weighted by atomic mass is 10.1. The number of nitrogens with zero attached hydrogens (tertiary/aromatic N) is 3. The van der Waals surface area contributed by atoms with Crippen molar-refractivity contribution >= 4 is 26.7 Å². The van der Waals surface area contributed by atoms with Crippen molar-refractivity contribution in [3.05, 3.63) is 61.2 Å². The Morgan fingerprint density at radius 3 is 2.68 bits per heavy atom. The van der Waals surface area contributed by atoms with Gasteiger partial charge >= 0.3 is 0 Å². The second-order valence-electron chi connectivity index (χ2n) is 6.44. The standard InChI is InChI=1S/C20H24N4O3S/c1-2-24(15-20(25)22-10-5-12-23-13-11-21-16-23)28(26,27)19-9-8-17-6-3-4-7-18(17)14-19/h3-4,6-9,11,13-14,16H,2,5,10,12,15H2,1H3,(H,22,25). The number of carbonyl (C=O) groups is 1. The highest BCUT2D eigenvalue weighted by Crippen LogP contribution is 2.21. The van der Waals surface area contributed by atoms with E-state index in [4.69, 9.17) is 0 Å². The fourth-order valence-corrected chi connectivity index (χ4v) is 4.41. The van der Waals surface area contributed by atoms with Gasteiger partial charge in [-0.2, -0.15) is 4.31 Å². The summed E-state index contributed by atoms with van der Waals surface area (Å²) in [6, 6.07) is 12.6. The molecule has 1 amide bonds. The fraction of sp³-hybridized carbons (Fsp3) is 0.300. The van der Waals surface area contributed by atoms with Gasteiger partial charge in [0.25, 0.3) is 0 Å². The van der Waals surface area contributed by atoms with Gasteiger partial charge in [0, 0.05) is 32.0 Å². The predicted octanol–water partition coefficient (Wildman–Crippen LogP) is 2.25. The Bertz CT molecular complexity index is 1030. The molecule has 0 radical (unpaired) electrons. The minimum Gasteiger partial charge on any atom is -0.355 e. The van der Waals surface area contributed by atoms with Crippen LogP contribution in [0.1, 0.15) is 13.3 Å². The largest absolute Gasteiger partial charge is 0.355 e. The lowest BCUT2D eigenvalue weighted by Crippen LogP contribution is -2.40. The zero-order chi connectivity index (χ0) is 20.0. The molecule has 0 saturated heterocycles. The van der Waals surface area contributed by atoms with Crippen molar-refractivity contribution in [2.24, 2.45) is 0 Å². The van der Waals surface area contributed by atoms with Crippen molar-refractivity contribution < 1.29 is 13.2 Å². The minimum absolute atomic E-state index is 0.195. The van der Waals surface area contributed by atoms with Crippen molar-refractivity contribution in [3.8, 4) is 0 Å². The van der Waals surface area contributed by atoms with Crippen molar-refractivity contribution in [1.29, 1.82) is 0 Å². The van der Waals surface area contributed by atoms with Crippen LogP contribution in [0.3, 0.4) is 0 Å². The Hall–Kier alpha value is -2.71. The molecule has 0 aliphatic carbocycles. The molecule has 0 saturated carbocycles. The summed E-state index contributed by atoms with van der Waals surface area (Å²) in [6.45, 7) is 2.97. The number of likely N-dealkylation sites (N-methyl/N-ethyl adjacent to an activating group) is 1. The molecule has 0 fully saturated rings. The summed E-state index contributed by atoms with van der Waals surface area (Å²) < 4.78 is 29.0. The van der Waals surface area contributed by atoms with Gasteiger partial charge in [0.2, 0.25) is 15.9 Å². The van der Waals surface area contributed by atoms with Crippen LogP contribution in [0.2, 0.25) is 0 Å². The van der Waals surface area contributed by atoms with Crippen LogP contribution in [0.4, 0.5) is 0 Å². The van der Waals surface area contributed by atoms with Gasteiger partial charge in [-0.25, -0.2) is 13.4 Å². The number of hydrogen-bond acceptors (Lipinski definition) is 4. The van der Waals surface area contributed by atoms with Crippen LogP contribution in [-0.2, 0) is 21.4 Å². The summed E-state index contributed by atoms with van der Waals surface area (Å²) >= 11 is 0. The molecule has 0 unspecified atom stereocenters. The minimum atomic E-state index is -3.74. The van der Waals surface area contributed by atoms with Crippen LogP contribution in [0.15, 0.2) is 66.1 Å². The van der Waals surface area contributed by atoms with Crippen molar-refractivity contribution in [1.82, 2.24) is 19.2 Å². The first-order valence-corrected chi connectivity index (χ1v) is 10.7. The Kier molecular flexibility index (Phi) is 6.43. The molecule has 0 spiro atoms. The maximum Gasteiger partial charge on any atom is 0.243 e. The number of aromatic nitrogens is 2. The molecule has 0 bridgehead atoms. The van der Waals surface area contributed by atoms with E-state index in [2.05, 4.69) is 10.3 Å². The van der Waals surface area contributed by atoms with E-state index in [1.807, 2.05) is 35.0 Å². The maximum absolute atomic E-state index is 13.0. The van der Waals surface area contributed by atoms with Crippen molar-refractivity contribution in [2.75, 3.05) is 19.6 Å². The summed E-state index contributed by atoms with van der Waals surface area (Å²) in [5.41, 5.74) is 0. The average Bonchev–Trinajstić information content (AvgIpc) is 3.22. The van der Waals surface area contributed by atoms with Crippen LogP contribution in [0.5, 0.6) is 0 Å². The van der Waals surface area contributed by atoms with Gasteiger partial charge in [0.15, 0.2) is 0 Å². The quantitative estimate of drug-likeness (QED) is 0.559. The van der Waals surface area contributed by atoms with Crippen LogP contribution < -0.4 is 5.32 Å². The molecular weight excluding hydrogens is 376 g/mol. The number of imidazole rings is 1. The number of carbonyl (C=O) groups excluding carboxylic acids is 1. The summed E-state index contributed by atoms with van der Waals surface area (Å²) in [5, 5.41) is 4.61. The summed E-state index contributed by atoms with van der Waals surface area (Å²) in [7, 11) is -3.74. The van der Waals surface area contributed by atoms with E-state index in [0.717, 1.165) is 23.7 Å². The van der Waals surface area contributed by atoms with E-state index in [-0.39, 0.29) is 23.9 Å². The molecule has 3 aromatic rings. The summed E-state index contributed by atoms with van der Waals surface area (Å²) in [4.78, 5) is 16.4. The number of nitrogens with one attached hydrogen (secondary N) is 1. The lowest BCUT2D eigenvalue weighted by molar-refractivity contribution is -0.121. The van der Waals surface area contributed by atoms with E-state index in [1.54, 1.807) is 37.6 Å². The van der Waals surface area contributed by atoms with Gasteiger partial charge in [0.05, 0.1) is 17.8 Å². The second-order valence-corrected chi connectivity index (χ2v) is 8.38. The third-order valence-corrected chi connectivity index (χ3v) is 6.42. The Labute approximate surface area is 165 Å². The van der Waals surface area contributed by atoms with Crippen LogP contribution >= 0.6 is 0 Å². The van der Waals surface area contributed by atoms with E-state index in [1.165, 1.54) is 4.31 Å². The van der Waals surface area contributed by atoms with Gasteiger partial charge < -0.3 is 9.88 Å². The second kappa shape index (κ2) is 8.99. The van der Waals surface area contributed by atoms with Gasteiger partial charge in [-0.1, -0.05) is 37.3 Å². The molecule has 0 aliphatic rings. The number of amides is 1. The zero-order valence-electron chi connectivity index (χ0n) is 15.8. The van der Waals surface area contributed by atoms with Crippen molar-refractivity contribution in [2.45, 2.75) is 24.8 Å². The Balaban J connectivity index is 1.61. The highest BCUT2D eigenvalue weighted by atomic mass is 32.2. The van der Waals surface area contributed by atoms with Crippen LogP contribution in [0, 0.1) is 0 Å². The SMILES string of the molecule is CCN(CC(=O)NCCCn1ccnc1)S(=O)(=O)c1ccc2ccccc2c1. The van der Waals surface area contributed by atoms with Crippen LogP contribution in [-0.4, -0.2) is 47.8 Å². The van der Waals surface area contributed by atoms with Gasteiger partial charge in [0.1, 0.15) is 0 Å². The Morgan fingerprint density at radius 1 is 1.18 bits per heavy atom. The topological polar surface area (TPSA) is 84.3 Å². The van der Waals surface area contributed by atoms with E-state index >= 15 is 0 Å². The zero-order valence-corrected chi connectivity index (χ0v) is 16.6. The fourth-order valence-electron chi connectivity index (χ4n) is 2.97. The van der Waals surface area contributed by atoms with E-state index in [9.17, 15) is 13.2 Å². The van der Waals surface area contributed by atoms with Gasteiger partial charge in [-0.15, -0.1) is 0 Å². The summed E-state index contributed by atoms with van der Waals surface area (Å²) in [5.74, 6) is -0.308. The summed E-state index contributed by atoms with van der Waals surface area (Å²) in [6.07, 6.45) is 6.02. The molecule has 148 valence electrons. The van der Waals surface area contributed by atoms with Gasteiger partial charge in [-0.05, 0) is 29.3 Å². The average molecular weight is 401 g/mol. The molecule has 0 aliphatic heterocycles. The molecule has 8 heteroatoms. The smallest absolute Gasteiger partial charge is 0.243 e. The third-order valence-electron chi connectivity index (χ3n) is 4.51. The molecule has 0 atom stereocenters. The maximum atomic E-state index is 13.0. The first kappa shape index (κ1) is 20.0. The number of hydrogen-bond donors (Lipinski definition) is 1. The molecule has 28 heavy (non-hydrogen) atoms. The first-order valence-electron chi connectivity index (χ1n) is 9.22. The number of aryl methyl sites for hydroxylation is 1. The number of fused-ring (bicyclic) bond motifs is 1. The molecule has 1 aromatic heterocycles. The molecular formula is C20H24N4O3S. The number of benzene rings is 2. The van der Waals surface area contributed by atoms with E-state index < -0.39 is 10.0 Å². The number of sulfonamides is 1. The molecule has 3 rings (SSSR count). The van der Waals surface area contributed by atoms with E-state index in [0.29, 0.717) is 6.54 Å². The predicted molar refractivity (Wildman–Crippen MR) is 108 cm³/mol. The monoisotopic (exact) mass is 400 g/mol. The van der Waals surface area contributed by atoms with Crippen LogP contribution in [0.25, 0.3) is 10.8 Å². The highest BCUT2D eigenvalue weighted by Gasteiger charge is 2.25.